The van der Waals surface area contributed by atoms with Crippen molar-refractivity contribution in [3.63, 3.8) is 0 Å². The van der Waals surface area contributed by atoms with E-state index in [9.17, 15) is 14.7 Å². The monoisotopic (exact) mass is 269 g/mol. The Bertz CT molecular complexity index is 683. The third-order valence-corrected chi connectivity index (χ3v) is 3.76. The van der Waals surface area contributed by atoms with E-state index >= 15 is 0 Å². The molecule has 1 aliphatic rings. The Labute approximate surface area is 116 Å². The van der Waals surface area contributed by atoms with Crippen LogP contribution in [-0.4, -0.2) is 34.0 Å². The van der Waals surface area contributed by atoms with E-state index in [1.165, 1.54) is 0 Å². The molecule has 0 aliphatic carbocycles. The summed E-state index contributed by atoms with van der Waals surface area (Å²) in [5.74, 6) is -0.697. The maximum atomic E-state index is 12.6. The van der Waals surface area contributed by atoms with Gasteiger partial charge in [-0.15, -0.1) is 0 Å². The van der Waals surface area contributed by atoms with Crippen LogP contribution in [0.2, 0.25) is 0 Å². The van der Waals surface area contributed by atoms with Crippen molar-refractivity contribution in [2.24, 2.45) is 0 Å². The highest BCUT2D eigenvalue weighted by molar-refractivity contribution is 6.25. The quantitative estimate of drug-likeness (QED) is 0.850. The van der Waals surface area contributed by atoms with Gasteiger partial charge in [0.2, 0.25) is 0 Å². The summed E-state index contributed by atoms with van der Waals surface area (Å²) in [5, 5.41) is 11.1. The Morgan fingerprint density at radius 2 is 1.50 bits per heavy atom. The molecule has 0 saturated carbocycles. The molecule has 0 aromatic heterocycles. The summed E-state index contributed by atoms with van der Waals surface area (Å²) < 4.78 is 0. The van der Waals surface area contributed by atoms with Crippen LogP contribution in [-0.2, 0) is 0 Å². The number of carbonyl (C=O) groups excluding carboxylic acids is 2. The molecule has 3 rings (SSSR count). The number of hydrogen-bond donors (Lipinski definition) is 1. The van der Waals surface area contributed by atoms with Gasteiger partial charge in [-0.25, -0.2) is 0 Å². The van der Waals surface area contributed by atoms with Gasteiger partial charge in [0.1, 0.15) is 0 Å². The van der Waals surface area contributed by atoms with Crippen LogP contribution in [0, 0.1) is 0 Å². The highest BCUT2D eigenvalue weighted by atomic mass is 16.3. The highest BCUT2D eigenvalue weighted by Crippen LogP contribution is 2.33. The molecule has 1 N–H and O–H groups in total. The average Bonchev–Trinajstić information content (AvgIpc) is 2.44. The number of rotatable bonds is 2. The molecule has 0 spiro atoms. The lowest BCUT2D eigenvalue weighted by Gasteiger charge is -2.38. The molecule has 0 atom stereocenters. The molecule has 4 heteroatoms. The van der Waals surface area contributed by atoms with E-state index < -0.39 is 5.54 Å². The van der Waals surface area contributed by atoms with Gasteiger partial charge in [-0.1, -0.05) is 24.3 Å². The summed E-state index contributed by atoms with van der Waals surface area (Å²) >= 11 is 0. The molecule has 20 heavy (non-hydrogen) atoms. The zero-order valence-corrected chi connectivity index (χ0v) is 11.4. The van der Waals surface area contributed by atoms with Gasteiger partial charge in [-0.3, -0.25) is 14.5 Å². The standard InChI is InChI=1S/C16H15NO3/c1-16(2,9-18)17-14(19)11-7-3-5-10-6-4-8-12(13(10)11)15(17)20/h3-8,18H,9H2,1-2H3. The predicted molar refractivity (Wildman–Crippen MR) is 75.6 cm³/mol. The van der Waals surface area contributed by atoms with Gasteiger partial charge in [-0.05, 0) is 31.4 Å². The largest absolute Gasteiger partial charge is 0.394 e. The molecule has 2 amide bonds. The summed E-state index contributed by atoms with van der Waals surface area (Å²) in [6.07, 6.45) is 0. The first kappa shape index (κ1) is 12.8. The van der Waals surface area contributed by atoms with Gasteiger partial charge in [0.05, 0.1) is 12.1 Å². The van der Waals surface area contributed by atoms with E-state index in [0.29, 0.717) is 16.5 Å². The van der Waals surface area contributed by atoms with E-state index in [1.807, 2.05) is 12.1 Å². The number of aliphatic hydroxyl groups excluding tert-OH is 1. The molecule has 0 saturated heterocycles. The summed E-state index contributed by atoms with van der Waals surface area (Å²) in [7, 11) is 0. The van der Waals surface area contributed by atoms with Crippen molar-refractivity contribution >= 4 is 22.6 Å². The van der Waals surface area contributed by atoms with E-state index in [1.54, 1.807) is 38.1 Å². The molecule has 0 unspecified atom stereocenters. The maximum absolute atomic E-state index is 12.6. The van der Waals surface area contributed by atoms with E-state index in [4.69, 9.17) is 0 Å². The number of imide groups is 1. The Morgan fingerprint density at radius 3 is 1.95 bits per heavy atom. The van der Waals surface area contributed by atoms with Crippen LogP contribution in [0.1, 0.15) is 34.6 Å². The maximum Gasteiger partial charge on any atom is 0.261 e. The van der Waals surface area contributed by atoms with Crippen LogP contribution in [0.25, 0.3) is 10.8 Å². The number of nitrogens with zero attached hydrogens (tertiary/aromatic N) is 1. The SMILES string of the molecule is CC(C)(CO)N1C(=O)c2cccc3cccc(c23)C1=O. The molecule has 1 aliphatic heterocycles. The number of benzene rings is 2. The second kappa shape index (κ2) is 4.15. The van der Waals surface area contributed by atoms with Crippen LogP contribution in [0.3, 0.4) is 0 Å². The van der Waals surface area contributed by atoms with Crippen LogP contribution in [0.15, 0.2) is 36.4 Å². The normalized spacial score (nSPS) is 15.1. The molecule has 102 valence electrons. The minimum atomic E-state index is -0.927. The lowest BCUT2D eigenvalue weighted by atomic mass is 9.90. The van der Waals surface area contributed by atoms with Crippen molar-refractivity contribution in [2.45, 2.75) is 19.4 Å². The van der Waals surface area contributed by atoms with Crippen LogP contribution >= 0.6 is 0 Å². The van der Waals surface area contributed by atoms with Crippen LogP contribution < -0.4 is 0 Å². The van der Waals surface area contributed by atoms with Crippen LogP contribution in [0.5, 0.6) is 0 Å². The summed E-state index contributed by atoms with van der Waals surface area (Å²) in [5.41, 5.74) is 0.0996. The number of hydrogen-bond acceptors (Lipinski definition) is 3. The molecule has 0 fully saturated rings. The fraction of sp³-hybridized carbons (Fsp3) is 0.250. The lowest BCUT2D eigenvalue weighted by Crippen LogP contribution is -2.54. The smallest absolute Gasteiger partial charge is 0.261 e. The summed E-state index contributed by atoms with van der Waals surface area (Å²) in [6, 6.07) is 10.8. The first-order chi connectivity index (χ1) is 9.47. The van der Waals surface area contributed by atoms with Gasteiger partial charge in [0.25, 0.3) is 11.8 Å². The Kier molecular flexibility index (Phi) is 2.66. The molecular weight excluding hydrogens is 254 g/mol. The predicted octanol–water partition coefficient (Wildman–Crippen LogP) is 2.21. The van der Waals surface area contributed by atoms with E-state index in [0.717, 1.165) is 10.3 Å². The van der Waals surface area contributed by atoms with E-state index in [-0.39, 0.29) is 18.4 Å². The van der Waals surface area contributed by atoms with Gasteiger partial charge in [0, 0.05) is 16.5 Å². The lowest BCUT2D eigenvalue weighted by molar-refractivity contribution is 0.0308. The number of carbonyl (C=O) groups is 2. The van der Waals surface area contributed by atoms with Crippen molar-refractivity contribution in [3.05, 3.63) is 47.5 Å². The highest BCUT2D eigenvalue weighted by Gasteiger charge is 2.41. The molecule has 2 aromatic carbocycles. The molecular formula is C16H15NO3. The topological polar surface area (TPSA) is 57.6 Å². The van der Waals surface area contributed by atoms with Gasteiger partial charge < -0.3 is 5.11 Å². The Hall–Kier alpha value is -2.20. The molecule has 0 bridgehead atoms. The van der Waals surface area contributed by atoms with Crippen molar-refractivity contribution in [1.29, 1.82) is 0 Å². The molecule has 0 radical (unpaired) electrons. The second-order valence-corrected chi connectivity index (χ2v) is 5.63. The second-order valence-electron chi connectivity index (χ2n) is 5.63. The molecule has 1 heterocycles. The summed E-state index contributed by atoms with van der Waals surface area (Å²) in [4.78, 5) is 26.4. The fourth-order valence-electron chi connectivity index (χ4n) is 2.65. The summed E-state index contributed by atoms with van der Waals surface area (Å²) in [6.45, 7) is 3.08. The van der Waals surface area contributed by atoms with Gasteiger partial charge in [0.15, 0.2) is 0 Å². The zero-order valence-electron chi connectivity index (χ0n) is 11.4. The Balaban J connectivity index is 2.32. The van der Waals surface area contributed by atoms with Crippen molar-refractivity contribution in [3.8, 4) is 0 Å². The van der Waals surface area contributed by atoms with Gasteiger partial charge >= 0.3 is 0 Å². The average molecular weight is 269 g/mol. The first-order valence-electron chi connectivity index (χ1n) is 6.49. The zero-order chi connectivity index (χ0) is 14.5. The Morgan fingerprint density at radius 1 is 1.00 bits per heavy atom. The van der Waals surface area contributed by atoms with Crippen molar-refractivity contribution in [1.82, 2.24) is 4.90 Å². The minimum Gasteiger partial charge on any atom is -0.394 e. The van der Waals surface area contributed by atoms with E-state index in [2.05, 4.69) is 0 Å². The number of aliphatic hydroxyl groups is 1. The van der Waals surface area contributed by atoms with Crippen LogP contribution in [0.4, 0.5) is 0 Å². The van der Waals surface area contributed by atoms with Gasteiger partial charge in [-0.2, -0.15) is 0 Å². The first-order valence-corrected chi connectivity index (χ1v) is 6.49. The molecule has 4 nitrogen and oxygen atoms in total. The third-order valence-electron chi connectivity index (χ3n) is 3.76. The van der Waals surface area contributed by atoms with Crippen molar-refractivity contribution < 1.29 is 14.7 Å². The third kappa shape index (κ3) is 1.58. The number of amides is 2. The van der Waals surface area contributed by atoms with Crippen molar-refractivity contribution in [2.75, 3.05) is 6.61 Å². The molecule has 2 aromatic rings. The minimum absolute atomic E-state index is 0.275. The fourth-order valence-corrected chi connectivity index (χ4v) is 2.65.